The predicted molar refractivity (Wildman–Crippen MR) is 41.1 cm³/mol. The molecule has 0 bridgehead atoms. The van der Waals surface area contributed by atoms with Crippen LogP contribution in [0.1, 0.15) is 12.8 Å². The van der Waals surface area contributed by atoms with Crippen molar-refractivity contribution in [1.29, 1.82) is 0 Å². The van der Waals surface area contributed by atoms with Gasteiger partial charge in [0.25, 0.3) is 0 Å². The molecule has 0 heterocycles. The van der Waals surface area contributed by atoms with E-state index < -0.39 is 0 Å². The van der Waals surface area contributed by atoms with Gasteiger partial charge in [-0.3, -0.25) is 0 Å². The molecule has 0 aromatic heterocycles. The van der Waals surface area contributed by atoms with Gasteiger partial charge in [0.05, 0.1) is 13.2 Å². The van der Waals surface area contributed by atoms with E-state index in [1.54, 1.807) is 0 Å². The molecule has 0 saturated carbocycles. The van der Waals surface area contributed by atoms with Gasteiger partial charge < -0.3 is 10.2 Å². The van der Waals surface area contributed by atoms with Gasteiger partial charge in [-0.05, 0) is 0 Å². The van der Waals surface area contributed by atoms with Crippen LogP contribution in [0.2, 0.25) is 0 Å². The lowest BCUT2D eigenvalue weighted by Gasteiger charge is -1.70. The Morgan fingerprint density at radius 1 is 0.900 bits per heavy atom. The highest BCUT2D eigenvalue weighted by Gasteiger charge is 1.63. The molecule has 0 rings (SSSR count). The quantitative estimate of drug-likeness (QED) is 0.530. The van der Waals surface area contributed by atoms with Crippen LogP contribution in [0.3, 0.4) is 0 Å². The van der Waals surface area contributed by atoms with Crippen molar-refractivity contribution in [3.63, 3.8) is 0 Å². The summed E-state index contributed by atoms with van der Waals surface area (Å²) in [6.45, 7) is 0.215. The van der Waals surface area contributed by atoms with E-state index in [2.05, 4.69) is 11.8 Å². The summed E-state index contributed by atoms with van der Waals surface area (Å²) in [5, 5.41) is 15.8. The second-order valence-corrected chi connectivity index (χ2v) is 1.36. The number of hydrogen-bond donors (Lipinski definition) is 2. The Labute approximate surface area is 61.9 Å². The first-order valence-electron chi connectivity index (χ1n) is 2.92. The van der Waals surface area contributed by atoms with E-state index in [-0.39, 0.29) is 13.2 Å². The molecule has 0 aliphatic heterocycles. The van der Waals surface area contributed by atoms with Crippen molar-refractivity contribution >= 4 is 0 Å². The molecule has 0 radical (unpaired) electrons. The molecular formula is C8H12O2. The molecule has 0 aliphatic carbocycles. The summed E-state index contributed by atoms with van der Waals surface area (Å²) in [7, 11) is 0. The van der Waals surface area contributed by atoms with Crippen LogP contribution >= 0.6 is 0 Å². The number of aliphatic hydroxyl groups is 2. The number of aliphatic hydroxyl groups excluding tert-OH is 2. The van der Waals surface area contributed by atoms with Crippen LogP contribution in [0.4, 0.5) is 0 Å². The zero-order valence-electron chi connectivity index (χ0n) is 5.88. The van der Waals surface area contributed by atoms with Gasteiger partial charge in [0, 0.05) is 12.8 Å². The molecule has 10 heavy (non-hydrogen) atoms. The molecule has 0 aromatic carbocycles. The highest BCUT2D eigenvalue weighted by atomic mass is 16.3. The van der Waals surface area contributed by atoms with Crippen LogP contribution < -0.4 is 0 Å². The Hall–Kier alpha value is -0.960. The minimum absolute atomic E-state index is 0.108. The summed E-state index contributed by atoms with van der Waals surface area (Å²) in [5.41, 5.74) is 0. The standard InChI is InChI=1S/2C4H6O/c2*1-2-3-4-5/h2*1,5H,3-4H2. The van der Waals surface area contributed by atoms with E-state index in [1.165, 1.54) is 0 Å². The van der Waals surface area contributed by atoms with E-state index >= 15 is 0 Å². The van der Waals surface area contributed by atoms with Crippen LogP contribution in [0.15, 0.2) is 0 Å². The van der Waals surface area contributed by atoms with Crippen molar-refractivity contribution < 1.29 is 10.2 Å². The lowest BCUT2D eigenvalue weighted by Crippen LogP contribution is -1.72. The van der Waals surface area contributed by atoms with Gasteiger partial charge in [-0.25, -0.2) is 0 Å². The van der Waals surface area contributed by atoms with E-state index in [1.807, 2.05) is 0 Å². The topological polar surface area (TPSA) is 40.5 Å². The predicted octanol–water partition coefficient (Wildman–Crippen LogP) is 0.00400. The van der Waals surface area contributed by atoms with Gasteiger partial charge in [0.15, 0.2) is 0 Å². The average molecular weight is 140 g/mol. The second kappa shape index (κ2) is 15.7. The van der Waals surface area contributed by atoms with Crippen molar-refractivity contribution in [1.82, 2.24) is 0 Å². The third-order valence-corrected chi connectivity index (χ3v) is 0.512. The summed E-state index contributed by atoms with van der Waals surface area (Å²) in [6, 6.07) is 0. The third kappa shape index (κ3) is 27.8. The molecule has 0 fully saturated rings. The molecule has 0 saturated heterocycles. The first kappa shape index (κ1) is 11.8. The SMILES string of the molecule is C#CCCO.C#CCCO. The molecule has 0 aliphatic rings. The Morgan fingerprint density at radius 3 is 1.20 bits per heavy atom. The lowest BCUT2D eigenvalue weighted by molar-refractivity contribution is 0.304. The van der Waals surface area contributed by atoms with Crippen molar-refractivity contribution in [2.75, 3.05) is 13.2 Å². The van der Waals surface area contributed by atoms with E-state index in [0.717, 1.165) is 0 Å². The third-order valence-electron chi connectivity index (χ3n) is 0.512. The van der Waals surface area contributed by atoms with Gasteiger partial charge in [-0.15, -0.1) is 24.7 Å². The zero-order chi connectivity index (χ0) is 8.24. The van der Waals surface area contributed by atoms with E-state index in [9.17, 15) is 0 Å². The minimum atomic E-state index is 0.108. The number of terminal acetylenes is 2. The Balaban J connectivity index is 0. The molecule has 0 aromatic rings. The molecule has 0 atom stereocenters. The monoisotopic (exact) mass is 140 g/mol. The smallest absolute Gasteiger partial charge is 0.0540 e. The van der Waals surface area contributed by atoms with Gasteiger partial charge in [-0.2, -0.15) is 0 Å². The summed E-state index contributed by atoms with van der Waals surface area (Å²) >= 11 is 0. The Morgan fingerprint density at radius 2 is 1.20 bits per heavy atom. The Bertz CT molecular complexity index is 100. The lowest BCUT2D eigenvalue weighted by atomic mass is 10.5. The van der Waals surface area contributed by atoms with Crippen LogP contribution in [-0.4, -0.2) is 23.4 Å². The maximum atomic E-state index is 7.92. The highest BCUT2D eigenvalue weighted by molar-refractivity contribution is 4.82. The summed E-state index contributed by atoms with van der Waals surface area (Å²) in [6.07, 6.45) is 10.4. The van der Waals surface area contributed by atoms with Crippen molar-refractivity contribution in [3.05, 3.63) is 0 Å². The van der Waals surface area contributed by atoms with Gasteiger partial charge >= 0.3 is 0 Å². The zero-order valence-corrected chi connectivity index (χ0v) is 5.88. The van der Waals surface area contributed by atoms with E-state index in [0.29, 0.717) is 12.8 Å². The van der Waals surface area contributed by atoms with Crippen LogP contribution in [0.5, 0.6) is 0 Å². The Kier molecular flexibility index (Phi) is 18.5. The molecular weight excluding hydrogens is 128 g/mol. The van der Waals surface area contributed by atoms with Gasteiger partial charge in [-0.1, -0.05) is 0 Å². The van der Waals surface area contributed by atoms with Crippen LogP contribution in [0.25, 0.3) is 0 Å². The maximum Gasteiger partial charge on any atom is 0.0540 e. The number of hydrogen-bond acceptors (Lipinski definition) is 2. The maximum absolute atomic E-state index is 7.92. The number of rotatable bonds is 2. The fourth-order valence-corrected chi connectivity index (χ4v) is 0.129. The van der Waals surface area contributed by atoms with Gasteiger partial charge in [0.2, 0.25) is 0 Å². The highest BCUT2D eigenvalue weighted by Crippen LogP contribution is 1.63. The minimum Gasteiger partial charge on any atom is -0.395 e. The molecule has 2 nitrogen and oxygen atoms in total. The van der Waals surface area contributed by atoms with Crippen molar-refractivity contribution in [2.45, 2.75) is 12.8 Å². The fraction of sp³-hybridized carbons (Fsp3) is 0.500. The van der Waals surface area contributed by atoms with Gasteiger partial charge in [0.1, 0.15) is 0 Å². The first-order valence-corrected chi connectivity index (χ1v) is 2.92. The average Bonchev–Trinajstić information content (AvgIpc) is 1.93. The molecule has 56 valence electrons. The summed E-state index contributed by atoms with van der Waals surface area (Å²) < 4.78 is 0. The van der Waals surface area contributed by atoms with Crippen LogP contribution in [-0.2, 0) is 0 Å². The molecule has 0 spiro atoms. The second-order valence-electron chi connectivity index (χ2n) is 1.36. The van der Waals surface area contributed by atoms with Crippen LogP contribution in [0, 0.1) is 24.7 Å². The molecule has 2 N–H and O–H groups in total. The van der Waals surface area contributed by atoms with Crippen molar-refractivity contribution in [2.24, 2.45) is 0 Å². The fourth-order valence-electron chi connectivity index (χ4n) is 0.129. The summed E-state index contributed by atoms with van der Waals surface area (Å²) in [4.78, 5) is 0. The normalized spacial score (nSPS) is 6.40. The molecule has 2 heteroatoms. The van der Waals surface area contributed by atoms with Crippen molar-refractivity contribution in [3.8, 4) is 24.7 Å². The molecule has 0 unspecified atom stereocenters. The molecule has 0 amide bonds. The first-order chi connectivity index (χ1) is 4.83. The van der Waals surface area contributed by atoms with E-state index in [4.69, 9.17) is 23.1 Å². The largest absolute Gasteiger partial charge is 0.395 e. The summed E-state index contributed by atoms with van der Waals surface area (Å²) in [5.74, 6) is 4.53.